The number of phenols is 1. The molecule has 0 aliphatic rings. The number of aromatic amines is 1. The number of carbonyl (C=O) groups is 1. The number of aromatic hydroxyl groups is 1. The van der Waals surface area contributed by atoms with Crippen LogP contribution in [0.25, 0.3) is 0 Å². The van der Waals surface area contributed by atoms with E-state index in [0.29, 0.717) is 0 Å². The maximum atomic E-state index is 12.1. The highest BCUT2D eigenvalue weighted by atomic mass is 32.2. The van der Waals surface area contributed by atoms with Gasteiger partial charge in [0.05, 0.1) is 18.6 Å². The van der Waals surface area contributed by atoms with Gasteiger partial charge in [-0.2, -0.15) is 5.21 Å². The first-order chi connectivity index (χ1) is 9.94. The van der Waals surface area contributed by atoms with Crippen LogP contribution >= 0.6 is 0 Å². The Morgan fingerprint density at radius 1 is 1.48 bits per heavy atom. The van der Waals surface area contributed by atoms with Crippen molar-refractivity contribution in [2.24, 2.45) is 0 Å². The third-order valence-corrected chi connectivity index (χ3v) is 3.89. The van der Waals surface area contributed by atoms with Crippen molar-refractivity contribution in [1.29, 1.82) is 0 Å². The molecule has 1 heterocycles. The summed E-state index contributed by atoms with van der Waals surface area (Å²) in [5.41, 5.74) is -0.250. The van der Waals surface area contributed by atoms with E-state index in [1.807, 2.05) is 0 Å². The predicted octanol–water partition coefficient (Wildman–Crippen LogP) is -0.830. The number of hydrogen-bond donors (Lipinski definition) is 3. The number of nitrogens with zero attached hydrogens (tertiary/aromatic N) is 3. The van der Waals surface area contributed by atoms with Gasteiger partial charge in [0.1, 0.15) is 11.3 Å². The molecule has 0 bridgehead atoms. The number of rotatable bonds is 5. The van der Waals surface area contributed by atoms with Crippen molar-refractivity contribution in [3.05, 3.63) is 29.6 Å². The summed E-state index contributed by atoms with van der Waals surface area (Å²) in [5, 5.41) is 22.2. The molecule has 0 radical (unpaired) electrons. The molecule has 0 atom stereocenters. The lowest BCUT2D eigenvalue weighted by Crippen LogP contribution is -2.24. The quantitative estimate of drug-likeness (QED) is 0.606. The van der Waals surface area contributed by atoms with Gasteiger partial charge in [-0.25, -0.2) is 17.9 Å². The van der Waals surface area contributed by atoms with Crippen molar-refractivity contribution in [1.82, 2.24) is 25.3 Å². The molecule has 2 rings (SSSR count). The molecule has 0 saturated carbocycles. The number of phenolic OH excluding ortho intramolecular Hbond substituents is 1. The van der Waals surface area contributed by atoms with Gasteiger partial charge in [0.15, 0.2) is 5.82 Å². The smallest absolute Gasteiger partial charge is 0.341 e. The van der Waals surface area contributed by atoms with Crippen molar-refractivity contribution >= 4 is 16.0 Å². The fourth-order valence-corrected chi connectivity index (χ4v) is 2.46. The summed E-state index contributed by atoms with van der Waals surface area (Å²) >= 11 is 0. The van der Waals surface area contributed by atoms with Gasteiger partial charge in [0, 0.05) is 0 Å². The van der Waals surface area contributed by atoms with Crippen LogP contribution in [0.2, 0.25) is 0 Å². The summed E-state index contributed by atoms with van der Waals surface area (Å²) in [6.07, 6.45) is 0. The molecule has 3 N–H and O–H groups in total. The number of sulfonamides is 1. The number of esters is 1. The summed E-state index contributed by atoms with van der Waals surface area (Å²) < 4.78 is 30.8. The third-order valence-electron chi connectivity index (χ3n) is 2.49. The summed E-state index contributed by atoms with van der Waals surface area (Å²) in [5.74, 6) is -1.06. The fraction of sp³-hybridized carbons (Fsp3) is 0.200. The SMILES string of the molecule is COC(=O)c1cc(S(=O)(=O)NCc2nn[nH]n2)ccc1O. The molecule has 0 fully saturated rings. The first kappa shape index (κ1) is 14.9. The number of nitrogens with one attached hydrogen (secondary N) is 2. The standard InChI is InChI=1S/C10H11N5O5S/c1-20-10(17)7-4-6(2-3-8(7)16)21(18,19)11-5-9-12-14-15-13-9/h2-4,11,16H,5H2,1H3,(H,12,13,14,15). The second-order valence-electron chi connectivity index (χ2n) is 3.82. The van der Waals surface area contributed by atoms with Gasteiger partial charge >= 0.3 is 5.97 Å². The monoisotopic (exact) mass is 313 g/mol. The van der Waals surface area contributed by atoms with E-state index in [4.69, 9.17) is 0 Å². The van der Waals surface area contributed by atoms with Crippen molar-refractivity contribution in [2.75, 3.05) is 7.11 Å². The second kappa shape index (κ2) is 5.85. The Morgan fingerprint density at radius 3 is 2.86 bits per heavy atom. The van der Waals surface area contributed by atoms with Crippen LogP contribution in [0.4, 0.5) is 0 Å². The van der Waals surface area contributed by atoms with Crippen LogP contribution in [-0.2, 0) is 21.3 Å². The number of ether oxygens (including phenoxy) is 1. The first-order valence-corrected chi connectivity index (χ1v) is 7.05. The lowest BCUT2D eigenvalue weighted by Gasteiger charge is -2.07. The first-order valence-electron chi connectivity index (χ1n) is 5.57. The molecule has 0 spiro atoms. The number of hydrogen-bond acceptors (Lipinski definition) is 8. The zero-order valence-electron chi connectivity index (χ0n) is 10.8. The van der Waals surface area contributed by atoms with Crippen LogP contribution in [0.1, 0.15) is 16.2 Å². The van der Waals surface area contributed by atoms with Crippen molar-refractivity contribution in [2.45, 2.75) is 11.4 Å². The van der Waals surface area contributed by atoms with Crippen molar-refractivity contribution in [3.63, 3.8) is 0 Å². The lowest BCUT2D eigenvalue weighted by molar-refractivity contribution is 0.0597. The molecular formula is C10H11N5O5S. The van der Waals surface area contributed by atoms with Gasteiger partial charge in [0.25, 0.3) is 0 Å². The predicted molar refractivity (Wildman–Crippen MR) is 67.6 cm³/mol. The van der Waals surface area contributed by atoms with Crippen molar-refractivity contribution in [3.8, 4) is 5.75 Å². The van der Waals surface area contributed by atoms with E-state index < -0.39 is 16.0 Å². The summed E-state index contributed by atoms with van der Waals surface area (Å²) in [4.78, 5) is 11.2. The van der Waals surface area contributed by atoms with Crippen LogP contribution in [-0.4, -0.2) is 47.2 Å². The molecule has 0 aliphatic heterocycles. The Bertz CT molecular complexity index is 743. The minimum Gasteiger partial charge on any atom is -0.507 e. The number of tetrazole rings is 1. The van der Waals surface area contributed by atoms with Crippen molar-refractivity contribution < 1.29 is 23.1 Å². The number of aromatic nitrogens is 4. The number of H-pyrrole nitrogens is 1. The van der Waals surface area contributed by atoms with Gasteiger partial charge in [-0.05, 0) is 18.2 Å². The molecule has 1 aromatic carbocycles. The zero-order chi connectivity index (χ0) is 15.5. The molecule has 21 heavy (non-hydrogen) atoms. The van der Waals surface area contributed by atoms with E-state index in [1.54, 1.807) is 0 Å². The minimum atomic E-state index is -3.91. The highest BCUT2D eigenvalue weighted by Gasteiger charge is 2.19. The van der Waals surface area contributed by atoms with E-state index in [1.165, 1.54) is 0 Å². The molecule has 11 heteroatoms. The summed E-state index contributed by atoms with van der Waals surface area (Å²) in [7, 11) is -2.79. The normalized spacial score (nSPS) is 11.3. The van der Waals surface area contributed by atoms with E-state index >= 15 is 0 Å². The zero-order valence-corrected chi connectivity index (χ0v) is 11.6. The molecule has 0 aliphatic carbocycles. The Hall–Kier alpha value is -2.53. The maximum absolute atomic E-state index is 12.1. The molecule has 112 valence electrons. The van der Waals surface area contributed by atoms with Gasteiger partial charge < -0.3 is 9.84 Å². The molecule has 2 aromatic rings. The molecule has 0 amide bonds. The van der Waals surface area contributed by atoms with Crippen LogP contribution in [0.5, 0.6) is 5.75 Å². The van der Waals surface area contributed by atoms with Crippen LogP contribution in [0.15, 0.2) is 23.1 Å². The average molecular weight is 313 g/mol. The third kappa shape index (κ3) is 3.32. The Morgan fingerprint density at radius 2 is 2.24 bits per heavy atom. The van der Waals surface area contributed by atoms with Gasteiger partial charge in [0.2, 0.25) is 10.0 Å². The molecule has 0 saturated heterocycles. The Balaban J connectivity index is 2.25. The lowest BCUT2D eigenvalue weighted by atomic mass is 10.2. The second-order valence-corrected chi connectivity index (χ2v) is 5.59. The fourth-order valence-electron chi connectivity index (χ4n) is 1.46. The molecule has 1 aromatic heterocycles. The van der Waals surface area contributed by atoms with E-state index in [0.717, 1.165) is 25.3 Å². The van der Waals surface area contributed by atoms with Gasteiger partial charge in [-0.1, -0.05) is 5.21 Å². The topological polar surface area (TPSA) is 147 Å². The van der Waals surface area contributed by atoms with Gasteiger partial charge in [-0.3, -0.25) is 0 Å². The van der Waals surface area contributed by atoms with Gasteiger partial charge in [-0.15, -0.1) is 10.2 Å². The Labute approximate surface area is 119 Å². The van der Waals surface area contributed by atoms with E-state index in [2.05, 4.69) is 30.1 Å². The average Bonchev–Trinajstić information content (AvgIpc) is 2.98. The van der Waals surface area contributed by atoms with E-state index in [-0.39, 0.29) is 28.6 Å². The summed E-state index contributed by atoms with van der Waals surface area (Å²) in [6, 6.07) is 3.26. The Kier molecular flexibility index (Phi) is 4.14. The van der Waals surface area contributed by atoms with Crippen LogP contribution in [0, 0.1) is 0 Å². The molecular weight excluding hydrogens is 302 g/mol. The van der Waals surface area contributed by atoms with E-state index in [9.17, 15) is 18.3 Å². The van der Waals surface area contributed by atoms with Crippen LogP contribution < -0.4 is 4.72 Å². The number of carbonyl (C=O) groups excluding carboxylic acids is 1. The van der Waals surface area contributed by atoms with Crippen LogP contribution in [0.3, 0.4) is 0 Å². The number of benzene rings is 1. The highest BCUT2D eigenvalue weighted by Crippen LogP contribution is 2.22. The summed E-state index contributed by atoms with van der Waals surface area (Å²) in [6.45, 7) is -0.173. The largest absolute Gasteiger partial charge is 0.507 e. The number of methoxy groups -OCH3 is 1. The molecule has 10 nitrogen and oxygen atoms in total. The minimum absolute atomic E-state index is 0.158. The maximum Gasteiger partial charge on any atom is 0.341 e. The molecule has 0 unspecified atom stereocenters. The highest BCUT2D eigenvalue weighted by molar-refractivity contribution is 7.89.